The van der Waals surface area contributed by atoms with Crippen LogP contribution in [0.2, 0.25) is 0 Å². The molecule has 2 atom stereocenters. The average Bonchev–Trinajstić information content (AvgIpc) is 2.77. The lowest BCUT2D eigenvalue weighted by Gasteiger charge is -2.61. The Kier molecular flexibility index (Phi) is 2.55. The molecule has 5 aliphatic rings. The van der Waals surface area contributed by atoms with Crippen molar-refractivity contribution in [1.29, 1.82) is 0 Å². The van der Waals surface area contributed by atoms with Crippen molar-refractivity contribution in [2.45, 2.75) is 75.3 Å². The van der Waals surface area contributed by atoms with Gasteiger partial charge in [-0.3, -0.25) is 4.79 Å². The van der Waals surface area contributed by atoms with E-state index in [1.807, 2.05) is 0 Å². The van der Waals surface area contributed by atoms with Gasteiger partial charge in [0.15, 0.2) is 0 Å². The monoisotopic (exact) mass is 262 g/mol. The van der Waals surface area contributed by atoms with E-state index < -0.39 is 0 Å². The van der Waals surface area contributed by atoms with E-state index in [1.165, 1.54) is 44.9 Å². The molecule has 3 heteroatoms. The van der Waals surface area contributed by atoms with Crippen LogP contribution in [0, 0.1) is 17.8 Å². The number of nitrogens with two attached hydrogens (primary N) is 1. The summed E-state index contributed by atoms with van der Waals surface area (Å²) in [5.74, 6) is 2.18. The third-order valence-corrected chi connectivity index (χ3v) is 6.22. The highest BCUT2D eigenvalue weighted by Crippen LogP contribution is 2.56. The molecule has 0 spiro atoms. The second-order valence-corrected chi connectivity index (χ2v) is 8.07. The van der Waals surface area contributed by atoms with Crippen molar-refractivity contribution in [2.24, 2.45) is 23.5 Å². The fourth-order valence-electron chi connectivity index (χ4n) is 6.03. The summed E-state index contributed by atoms with van der Waals surface area (Å²) in [6, 6.07) is 0. The van der Waals surface area contributed by atoms with Gasteiger partial charge in [-0.2, -0.15) is 0 Å². The zero-order chi connectivity index (χ0) is 13.1. The summed E-state index contributed by atoms with van der Waals surface area (Å²) < 4.78 is 0. The Bertz CT molecular complexity index is 386. The number of nitrogens with one attached hydrogen (secondary N) is 1. The molecule has 4 bridgehead atoms. The van der Waals surface area contributed by atoms with Crippen LogP contribution in [-0.2, 0) is 4.79 Å². The van der Waals surface area contributed by atoms with Crippen molar-refractivity contribution >= 4 is 5.91 Å². The Hall–Kier alpha value is -0.570. The van der Waals surface area contributed by atoms with E-state index in [9.17, 15) is 4.79 Å². The Balaban J connectivity index is 1.52. The standard InChI is InChI=1S/C16H26N2O/c17-15-6-11-5-12(7-15)9-16(8-11,10-15)18-14(19)13-3-1-2-4-13/h11-13H,1-10,17H2,(H,18,19). The summed E-state index contributed by atoms with van der Waals surface area (Å²) in [5, 5.41) is 3.47. The largest absolute Gasteiger partial charge is 0.350 e. The first-order valence-corrected chi connectivity index (χ1v) is 8.17. The molecule has 0 heterocycles. The quantitative estimate of drug-likeness (QED) is 0.802. The highest BCUT2D eigenvalue weighted by molar-refractivity contribution is 5.79. The first-order chi connectivity index (χ1) is 9.06. The van der Waals surface area contributed by atoms with Crippen molar-refractivity contribution in [3.05, 3.63) is 0 Å². The Morgan fingerprint density at radius 2 is 1.68 bits per heavy atom. The number of amides is 1. The van der Waals surface area contributed by atoms with Crippen LogP contribution in [0.25, 0.3) is 0 Å². The van der Waals surface area contributed by atoms with E-state index in [-0.39, 0.29) is 11.1 Å². The van der Waals surface area contributed by atoms with Gasteiger partial charge in [0.05, 0.1) is 0 Å². The van der Waals surface area contributed by atoms with Crippen LogP contribution >= 0.6 is 0 Å². The van der Waals surface area contributed by atoms with Crippen LogP contribution in [0.1, 0.15) is 64.2 Å². The smallest absolute Gasteiger partial charge is 0.223 e. The predicted octanol–water partition coefficient (Wildman–Crippen LogP) is 2.34. The van der Waals surface area contributed by atoms with Gasteiger partial charge in [0.25, 0.3) is 0 Å². The van der Waals surface area contributed by atoms with Crippen LogP contribution in [0.15, 0.2) is 0 Å². The summed E-state index contributed by atoms with van der Waals surface area (Å²) in [6.45, 7) is 0. The number of hydrogen-bond acceptors (Lipinski definition) is 2. The van der Waals surface area contributed by atoms with E-state index >= 15 is 0 Å². The molecule has 5 saturated carbocycles. The van der Waals surface area contributed by atoms with Crippen LogP contribution in [0.3, 0.4) is 0 Å². The first kappa shape index (κ1) is 12.2. The maximum Gasteiger partial charge on any atom is 0.223 e. The van der Waals surface area contributed by atoms with Gasteiger partial charge in [0.1, 0.15) is 0 Å². The minimum absolute atomic E-state index is 0.0348. The molecule has 0 radical (unpaired) electrons. The fourth-order valence-corrected chi connectivity index (χ4v) is 6.03. The van der Waals surface area contributed by atoms with E-state index in [0.717, 1.165) is 31.1 Å². The molecule has 0 saturated heterocycles. The molecule has 5 aliphatic carbocycles. The zero-order valence-electron chi connectivity index (χ0n) is 11.8. The second kappa shape index (κ2) is 3.97. The summed E-state index contributed by atoms with van der Waals surface area (Å²) in [4.78, 5) is 12.5. The number of rotatable bonds is 2. The topological polar surface area (TPSA) is 55.1 Å². The van der Waals surface area contributed by atoms with Gasteiger partial charge in [-0.1, -0.05) is 12.8 Å². The molecule has 5 rings (SSSR count). The molecule has 0 aromatic rings. The van der Waals surface area contributed by atoms with Gasteiger partial charge < -0.3 is 11.1 Å². The Morgan fingerprint density at radius 3 is 2.26 bits per heavy atom. The third kappa shape index (κ3) is 2.01. The van der Waals surface area contributed by atoms with Crippen molar-refractivity contribution in [3.63, 3.8) is 0 Å². The van der Waals surface area contributed by atoms with Gasteiger partial charge in [-0.25, -0.2) is 0 Å². The predicted molar refractivity (Wildman–Crippen MR) is 74.4 cm³/mol. The SMILES string of the molecule is NC12CC3CC(C1)CC(NC(=O)C1CCCC1)(C3)C2. The van der Waals surface area contributed by atoms with Gasteiger partial charge in [-0.15, -0.1) is 0 Å². The van der Waals surface area contributed by atoms with Gasteiger partial charge in [0, 0.05) is 17.0 Å². The van der Waals surface area contributed by atoms with Crippen LogP contribution in [0.4, 0.5) is 0 Å². The lowest BCUT2D eigenvalue weighted by Crippen LogP contribution is -2.68. The van der Waals surface area contributed by atoms with Crippen LogP contribution < -0.4 is 11.1 Å². The molecule has 19 heavy (non-hydrogen) atoms. The highest BCUT2D eigenvalue weighted by Gasteiger charge is 2.56. The maximum absolute atomic E-state index is 12.5. The molecule has 106 valence electrons. The first-order valence-electron chi connectivity index (χ1n) is 8.17. The molecule has 0 aliphatic heterocycles. The molecule has 2 unspecified atom stereocenters. The molecule has 3 N–H and O–H groups in total. The molecular weight excluding hydrogens is 236 g/mol. The molecular formula is C16H26N2O. The van der Waals surface area contributed by atoms with Gasteiger partial charge in [-0.05, 0) is 63.2 Å². The highest BCUT2D eigenvalue weighted by atomic mass is 16.2. The van der Waals surface area contributed by atoms with Crippen molar-refractivity contribution in [2.75, 3.05) is 0 Å². The van der Waals surface area contributed by atoms with Crippen molar-refractivity contribution in [3.8, 4) is 0 Å². The summed E-state index contributed by atoms with van der Waals surface area (Å²) in [6.07, 6.45) is 11.8. The van der Waals surface area contributed by atoms with Crippen LogP contribution in [-0.4, -0.2) is 17.0 Å². The van der Waals surface area contributed by atoms with E-state index in [0.29, 0.717) is 11.8 Å². The number of carbonyl (C=O) groups is 1. The summed E-state index contributed by atoms with van der Waals surface area (Å²) in [7, 11) is 0. The second-order valence-electron chi connectivity index (χ2n) is 8.07. The minimum atomic E-state index is 0.0348. The molecule has 1 amide bonds. The third-order valence-electron chi connectivity index (χ3n) is 6.22. The molecule has 0 aromatic heterocycles. The van der Waals surface area contributed by atoms with Crippen molar-refractivity contribution in [1.82, 2.24) is 5.32 Å². The fraction of sp³-hybridized carbons (Fsp3) is 0.938. The maximum atomic E-state index is 12.5. The Labute approximate surface area is 115 Å². The zero-order valence-corrected chi connectivity index (χ0v) is 11.8. The number of carbonyl (C=O) groups excluding carboxylic acids is 1. The average molecular weight is 262 g/mol. The lowest BCUT2D eigenvalue weighted by atomic mass is 9.50. The van der Waals surface area contributed by atoms with Gasteiger partial charge >= 0.3 is 0 Å². The Morgan fingerprint density at radius 1 is 1.05 bits per heavy atom. The van der Waals surface area contributed by atoms with E-state index in [1.54, 1.807) is 0 Å². The molecule has 5 fully saturated rings. The molecule has 3 nitrogen and oxygen atoms in total. The lowest BCUT2D eigenvalue weighted by molar-refractivity contribution is -0.131. The normalized spacial score (nSPS) is 48.7. The van der Waals surface area contributed by atoms with E-state index in [2.05, 4.69) is 5.32 Å². The number of hydrogen-bond donors (Lipinski definition) is 2. The van der Waals surface area contributed by atoms with E-state index in [4.69, 9.17) is 5.73 Å². The minimum Gasteiger partial charge on any atom is -0.350 e. The summed E-state index contributed by atoms with van der Waals surface area (Å²) in [5.41, 5.74) is 6.69. The van der Waals surface area contributed by atoms with Gasteiger partial charge in [0.2, 0.25) is 5.91 Å². The molecule has 0 aromatic carbocycles. The van der Waals surface area contributed by atoms with Crippen LogP contribution in [0.5, 0.6) is 0 Å². The van der Waals surface area contributed by atoms with Crippen molar-refractivity contribution < 1.29 is 4.79 Å². The summed E-state index contributed by atoms with van der Waals surface area (Å²) >= 11 is 0.